The Hall–Kier alpha value is -1.30. The van der Waals surface area contributed by atoms with Crippen LogP contribution in [0.3, 0.4) is 0 Å². The average Bonchev–Trinajstić information content (AvgIpc) is 2.17. The number of carbonyl (C=O) groups excluding carboxylic acids is 1. The third kappa shape index (κ3) is 5.36. The number of nitrogens with two attached hydrogens (primary N) is 1. The molecule has 14 heavy (non-hydrogen) atoms. The lowest BCUT2D eigenvalue weighted by molar-refractivity contribution is -0.130. The summed E-state index contributed by atoms with van der Waals surface area (Å²) in [6.07, 6.45) is 0.309. The van der Waals surface area contributed by atoms with Crippen LogP contribution in [0.15, 0.2) is 5.16 Å². The summed E-state index contributed by atoms with van der Waals surface area (Å²) in [5.74, 6) is -0.0812. The predicted molar refractivity (Wildman–Crippen MR) is 52.2 cm³/mol. The molecular weight excluding hydrogens is 186 g/mol. The number of oxime groups is 1. The molecule has 0 aliphatic heterocycles. The van der Waals surface area contributed by atoms with Crippen molar-refractivity contribution in [1.29, 1.82) is 0 Å². The molecule has 0 rings (SSSR count). The molecule has 0 aliphatic carbocycles. The van der Waals surface area contributed by atoms with Gasteiger partial charge in [0, 0.05) is 13.7 Å². The van der Waals surface area contributed by atoms with E-state index in [4.69, 9.17) is 15.7 Å². The Morgan fingerprint density at radius 1 is 1.64 bits per heavy atom. The lowest BCUT2D eigenvalue weighted by atomic mass is 10.4. The van der Waals surface area contributed by atoms with E-state index >= 15 is 0 Å². The van der Waals surface area contributed by atoms with Gasteiger partial charge in [0.05, 0.1) is 19.6 Å². The smallest absolute Gasteiger partial charge is 0.225 e. The highest BCUT2D eigenvalue weighted by atomic mass is 16.5. The summed E-state index contributed by atoms with van der Waals surface area (Å²) < 4.78 is 5.03. The van der Waals surface area contributed by atoms with Gasteiger partial charge < -0.3 is 20.6 Å². The van der Waals surface area contributed by atoms with Crippen LogP contribution in [0.25, 0.3) is 0 Å². The third-order valence-corrected chi connectivity index (χ3v) is 1.62. The van der Waals surface area contributed by atoms with Crippen LogP contribution in [0.1, 0.15) is 13.3 Å². The Balaban J connectivity index is 3.76. The van der Waals surface area contributed by atoms with Crippen LogP contribution in [-0.4, -0.2) is 48.7 Å². The Morgan fingerprint density at radius 2 is 2.29 bits per heavy atom. The van der Waals surface area contributed by atoms with Gasteiger partial charge in [0.1, 0.15) is 0 Å². The summed E-state index contributed by atoms with van der Waals surface area (Å²) in [4.78, 5) is 12.7. The van der Waals surface area contributed by atoms with E-state index in [1.807, 2.05) is 6.92 Å². The largest absolute Gasteiger partial charge is 0.409 e. The minimum atomic E-state index is -0.0925. The molecule has 0 aromatic rings. The van der Waals surface area contributed by atoms with Crippen LogP contribution >= 0.6 is 0 Å². The lowest BCUT2D eigenvalue weighted by Crippen LogP contribution is -2.35. The first-order valence-electron chi connectivity index (χ1n) is 4.40. The van der Waals surface area contributed by atoms with Gasteiger partial charge in [-0.25, -0.2) is 0 Å². The fourth-order valence-corrected chi connectivity index (χ4v) is 0.857. The van der Waals surface area contributed by atoms with Crippen molar-refractivity contribution in [3.63, 3.8) is 0 Å². The van der Waals surface area contributed by atoms with Gasteiger partial charge in [0.25, 0.3) is 0 Å². The number of hydrogen-bond acceptors (Lipinski definition) is 4. The van der Waals surface area contributed by atoms with Gasteiger partial charge in [-0.15, -0.1) is 0 Å². The fourth-order valence-electron chi connectivity index (χ4n) is 0.857. The molecule has 0 aliphatic rings. The zero-order valence-electron chi connectivity index (χ0n) is 8.56. The first kappa shape index (κ1) is 12.7. The van der Waals surface area contributed by atoms with Crippen LogP contribution < -0.4 is 5.73 Å². The van der Waals surface area contributed by atoms with Crippen molar-refractivity contribution in [2.24, 2.45) is 10.9 Å². The molecule has 3 N–H and O–H groups in total. The Labute approximate surface area is 83.3 Å². The minimum absolute atomic E-state index is 0.0114. The molecule has 0 spiro atoms. The lowest BCUT2D eigenvalue weighted by Gasteiger charge is -2.15. The minimum Gasteiger partial charge on any atom is -0.409 e. The second-order valence-corrected chi connectivity index (χ2v) is 2.79. The van der Waals surface area contributed by atoms with Crippen LogP contribution in [-0.2, 0) is 9.53 Å². The van der Waals surface area contributed by atoms with Crippen molar-refractivity contribution in [2.75, 3.05) is 26.8 Å². The maximum absolute atomic E-state index is 11.3. The summed E-state index contributed by atoms with van der Waals surface area (Å²) in [5.41, 5.74) is 5.24. The maximum atomic E-state index is 11.3. The monoisotopic (exact) mass is 203 g/mol. The summed E-state index contributed by atoms with van der Waals surface area (Å²) in [6.45, 7) is 2.99. The van der Waals surface area contributed by atoms with Gasteiger partial charge in [-0.2, -0.15) is 0 Å². The van der Waals surface area contributed by atoms with Gasteiger partial charge in [0.15, 0.2) is 5.84 Å². The molecule has 0 saturated heterocycles. The molecule has 0 atom stereocenters. The topological polar surface area (TPSA) is 88.2 Å². The molecule has 0 fully saturated rings. The quantitative estimate of drug-likeness (QED) is 0.202. The Morgan fingerprint density at radius 3 is 2.79 bits per heavy atom. The number of likely N-dealkylation sites (N-methyl/N-ethyl adjacent to an activating group) is 1. The highest BCUT2D eigenvalue weighted by molar-refractivity contribution is 5.86. The maximum Gasteiger partial charge on any atom is 0.225 e. The van der Waals surface area contributed by atoms with Gasteiger partial charge in [0.2, 0.25) is 5.91 Å². The number of nitrogens with zero attached hydrogens (tertiary/aromatic N) is 2. The van der Waals surface area contributed by atoms with Crippen molar-refractivity contribution in [3.05, 3.63) is 0 Å². The van der Waals surface area contributed by atoms with Crippen molar-refractivity contribution in [3.8, 4) is 0 Å². The van der Waals surface area contributed by atoms with Crippen molar-refractivity contribution in [1.82, 2.24) is 4.90 Å². The normalized spacial score (nSPS) is 11.4. The molecule has 82 valence electrons. The summed E-state index contributed by atoms with van der Waals surface area (Å²) in [7, 11) is 1.59. The summed E-state index contributed by atoms with van der Waals surface area (Å²) in [6, 6.07) is 0. The number of amides is 1. The molecule has 1 amide bonds. The van der Waals surface area contributed by atoms with E-state index in [1.54, 1.807) is 7.05 Å². The summed E-state index contributed by atoms with van der Waals surface area (Å²) >= 11 is 0. The van der Waals surface area contributed by atoms with E-state index < -0.39 is 0 Å². The van der Waals surface area contributed by atoms with Crippen molar-refractivity contribution in [2.45, 2.75) is 13.3 Å². The Bertz CT molecular complexity index is 206. The molecule has 6 heteroatoms. The zero-order valence-corrected chi connectivity index (χ0v) is 8.56. The van der Waals surface area contributed by atoms with Crippen molar-refractivity contribution >= 4 is 11.7 Å². The predicted octanol–water partition coefficient (Wildman–Crippen LogP) is -0.382. The average molecular weight is 203 g/mol. The molecule has 0 heterocycles. The van der Waals surface area contributed by atoms with E-state index in [-0.39, 0.29) is 18.3 Å². The van der Waals surface area contributed by atoms with E-state index in [1.165, 1.54) is 4.90 Å². The third-order valence-electron chi connectivity index (χ3n) is 1.62. The first-order valence-corrected chi connectivity index (χ1v) is 4.40. The Kier molecular flexibility index (Phi) is 6.47. The van der Waals surface area contributed by atoms with E-state index in [0.717, 1.165) is 0 Å². The second kappa shape index (κ2) is 7.14. The molecule has 0 bridgehead atoms. The van der Waals surface area contributed by atoms with Gasteiger partial charge in [-0.1, -0.05) is 5.16 Å². The standard InChI is InChI=1S/C8H17N3O3/c1-3-14-5-4-8(12)11(2)6-7(9)10-13/h13H,3-6H2,1-2H3,(H2,9,10). The highest BCUT2D eigenvalue weighted by Crippen LogP contribution is 1.91. The first-order chi connectivity index (χ1) is 6.61. The number of carbonyl (C=O) groups is 1. The number of amidine groups is 1. The molecule has 0 saturated carbocycles. The SMILES string of the molecule is CCOCCC(=O)N(C)CC(N)=NO. The van der Waals surface area contributed by atoms with E-state index in [9.17, 15) is 4.79 Å². The number of hydrogen-bond donors (Lipinski definition) is 2. The fraction of sp³-hybridized carbons (Fsp3) is 0.750. The number of rotatable bonds is 6. The van der Waals surface area contributed by atoms with Crippen LogP contribution in [0.4, 0.5) is 0 Å². The molecule has 0 radical (unpaired) electrons. The molecule has 0 aromatic carbocycles. The van der Waals surface area contributed by atoms with Gasteiger partial charge in [-0.05, 0) is 6.92 Å². The van der Waals surface area contributed by atoms with E-state index in [2.05, 4.69) is 5.16 Å². The van der Waals surface area contributed by atoms with E-state index in [0.29, 0.717) is 19.6 Å². The van der Waals surface area contributed by atoms with Crippen LogP contribution in [0.2, 0.25) is 0 Å². The molecule has 0 unspecified atom stereocenters. The second-order valence-electron chi connectivity index (χ2n) is 2.79. The van der Waals surface area contributed by atoms with Gasteiger partial charge in [-0.3, -0.25) is 4.79 Å². The van der Waals surface area contributed by atoms with Crippen LogP contribution in [0.5, 0.6) is 0 Å². The van der Waals surface area contributed by atoms with Gasteiger partial charge >= 0.3 is 0 Å². The zero-order chi connectivity index (χ0) is 11.0. The van der Waals surface area contributed by atoms with Crippen LogP contribution in [0, 0.1) is 0 Å². The highest BCUT2D eigenvalue weighted by Gasteiger charge is 2.09. The summed E-state index contributed by atoms with van der Waals surface area (Å²) in [5, 5.41) is 11.1. The molecule has 6 nitrogen and oxygen atoms in total. The molecular formula is C8H17N3O3. The molecule has 0 aromatic heterocycles. The number of ether oxygens (including phenoxy) is 1. The van der Waals surface area contributed by atoms with Crippen molar-refractivity contribution < 1.29 is 14.7 Å².